The lowest BCUT2D eigenvalue weighted by Gasteiger charge is -2.22. The third-order valence-electron chi connectivity index (χ3n) is 4.56. The quantitative estimate of drug-likeness (QED) is 0.791. The predicted molar refractivity (Wildman–Crippen MR) is 89.7 cm³/mol. The summed E-state index contributed by atoms with van der Waals surface area (Å²) in [5.74, 6) is -1.41. The largest absolute Gasteiger partial charge is 0.271 e. The maximum Gasteiger partial charge on any atom is 0.263 e. The zero-order chi connectivity index (χ0) is 17.7. The molecule has 7 heteroatoms. The van der Waals surface area contributed by atoms with Gasteiger partial charge in [-0.2, -0.15) is 5.11 Å². The molecular formula is C18H15FN4O2. The number of imide groups is 1. The maximum absolute atomic E-state index is 13.9. The Bertz CT molecular complexity index is 927. The standard InChI is InChI=1S/C18H15FN4O2/c1-10-7-8-12(9-13(10)19)22-17(24)15-16(18(22)25)23(21-20-15)14-6-4-3-5-11(14)2/h3-9,15-16H,1-2H3. The van der Waals surface area contributed by atoms with Crippen LogP contribution >= 0.6 is 0 Å². The molecule has 0 radical (unpaired) electrons. The monoisotopic (exact) mass is 338 g/mol. The number of hydrogen-bond acceptors (Lipinski definition) is 5. The lowest BCUT2D eigenvalue weighted by molar-refractivity contribution is -0.121. The number of rotatable bonds is 2. The van der Waals surface area contributed by atoms with E-state index in [0.29, 0.717) is 5.56 Å². The Kier molecular flexibility index (Phi) is 3.38. The van der Waals surface area contributed by atoms with Crippen LogP contribution in [-0.2, 0) is 9.59 Å². The van der Waals surface area contributed by atoms with Crippen LogP contribution in [0.2, 0.25) is 0 Å². The van der Waals surface area contributed by atoms with Gasteiger partial charge < -0.3 is 0 Å². The molecule has 2 amide bonds. The fourth-order valence-corrected chi connectivity index (χ4v) is 3.15. The third kappa shape index (κ3) is 2.23. The highest BCUT2D eigenvalue weighted by atomic mass is 19.1. The van der Waals surface area contributed by atoms with Gasteiger partial charge in [-0.1, -0.05) is 29.5 Å². The normalized spacial score (nSPS) is 22.0. The summed E-state index contributed by atoms with van der Waals surface area (Å²) in [6.07, 6.45) is 0. The fraction of sp³-hybridized carbons (Fsp3) is 0.222. The molecule has 2 atom stereocenters. The van der Waals surface area contributed by atoms with Crippen molar-refractivity contribution in [1.29, 1.82) is 0 Å². The van der Waals surface area contributed by atoms with E-state index in [1.54, 1.807) is 19.1 Å². The van der Waals surface area contributed by atoms with E-state index in [9.17, 15) is 14.0 Å². The Balaban J connectivity index is 1.73. The molecule has 2 aromatic carbocycles. The molecule has 1 fully saturated rings. The minimum absolute atomic E-state index is 0.215. The molecule has 0 bridgehead atoms. The number of nitrogens with zero attached hydrogens (tertiary/aromatic N) is 4. The summed E-state index contributed by atoms with van der Waals surface area (Å²) in [6.45, 7) is 3.52. The van der Waals surface area contributed by atoms with Crippen molar-refractivity contribution in [2.45, 2.75) is 25.9 Å². The summed E-state index contributed by atoms with van der Waals surface area (Å²) < 4.78 is 13.9. The molecule has 2 unspecified atom stereocenters. The minimum Gasteiger partial charge on any atom is -0.271 e. The first-order valence-corrected chi connectivity index (χ1v) is 7.88. The summed E-state index contributed by atoms with van der Waals surface area (Å²) in [5, 5.41) is 9.49. The summed E-state index contributed by atoms with van der Waals surface area (Å²) in [6, 6.07) is 9.99. The molecular weight excluding hydrogens is 323 g/mol. The minimum atomic E-state index is -0.906. The molecule has 6 nitrogen and oxygen atoms in total. The molecule has 2 aliphatic rings. The first-order valence-electron chi connectivity index (χ1n) is 7.88. The Morgan fingerprint density at radius 1 is 1.00 bits per heavy atom. The van der Waals surface area contributed by atoms with Gasteiger partial charge in [0.15, 0.2) is 12.1 Å². The third-order valence-corrected chi connectivity index (χ3v) is 4.56. The van der Waals surface area contributed by atoms with Crippen molar-refractivity contribution in [1.82, 2.24) is 0 Å². The van der Waals surface area contributed by atoms with Crippen LogP contribution in [0.3, 0.4) is 0 Å². The summed E-state index contributed by atoms with van der Waals surface area (Å²) in [5.41, 5.74) is 2.30. The van der Waals surface area contributed by atoms with E-state index < -0.39 is 29.7 Å². The van der Waals surface area contributed by atoms with E-state index in [2.05, 4.69) is 10.3 Å². The highest BCUT2D eigenvalue weighted by Gasteiger charge is 2.55. The van der Waals surface area contributed by atoms with Crippen molar-refractivity contribution in [2.24, 2.45) is 10.3 Å². The van der Waals surface area contributed by atoms with Crippen molar-refractivity contribution in [2.75, 3.05) is 9.91 Å². The van der Waals surface area contributed by atoms with Crippen LogP contribution in [0.25, 0.3) is 0 Å². The topological polar surface area (TPSA) is 65.3 Å². The van der Waals surface area contributed by atoms with Crippen molar-refractivity contribution in [3.8, 4) is 0 Å². The van der Waals surface area contributed by atoms with Gasteiger partial charge >= 0.3 is 0 Å². The van der Waals surface area contributed by atoms with Crippen molar-refractivity contribution >= 4 is 23.2 Å². The highest BCUT2D eigenvalue weighted by molar-refractivity contribution is 6.26. The number of aryl methyl sites for hydroxylation is 2. The van der Waals surface area contributed by atoms with E-state index in [-0.39, 0.29) is 5.69 Å². The fourth-order valence-electron chi connectivity index (χ4n) is 3.15. The van der Waals surface area contributed by atoms with Crippen LogP contribution in [-0.4, -0.2) is 23.9 Å². The van der Waals surface area contributed by atoms with Crippen LogP contribution in [0.4, 0.5) is 15.8 Å². The van der Waals surface area contributed by atoms with Gasteiger partial charge in [0.05, 0.1) is 11.4 Å². The maximum atomic E-state index is 13.9. The molecule has 0 aliphatic carbocycles. The second-order valence-electron chi connectivity index (χ2n) is 6.17. The second-order valence-corrected chi connectivity index (χ2v) is 6.17. The molecule has 4 rings (SSSR count). The number of anilines is 2. The van der Waals surface area contributed by atoms with Gasteiger partial charge in [-0.25, -0.2) is 14.3 Å². The number of halogens is 1. The smallest absolute Gasteiger partial charge is 0.263 e. The first-order chi connectivity index (χ1) is 12.0. The number of carbonyl (C=O) groups is 2. The zero-order valence-electron chi connectivity index (χ0n) is 13.7. The molecule has 0 saturated carbocycles. The Labute approximate surface area is 143 Å². The zero-order valence-corrected chi connectivity index (χ0v) is 13.7. The lowest BCUT2D eigenvalue weighted by atomic mass is 10.1. The molecule has 2 aromatic rings. The molecule has 25 heavy (non-hydrogen) atoms. The van der Waals surface area contributed by atoms with Gasteiger partial charge in [-0.3, -0.25) is 9.59 Å². The van der Waals surface area contributed by atoms with E-state index in [0.717, 1.165) is 16.2 Å². The molecule has 126 valence electrons. The number of carbonyl (C=O) groups excluding carboxylic acids is 2. The van der Waals surface area contributed by atoms with Crippen LogP contribution < -0.4 is 9.91 Å². The number of fused-ring (bicyclic) bond motifs is 1. The van der Waals surface area contributed by atoms with E-state index >= 15 is 0 Å². The first kappa shape index (κ1) is 15.4. The highest BCUT2D eigenvalue weighted by Crippen LogP contribution is 2.36. The predicted octanol–water partition coefficient (Wildman–Crippen LogP) is 2.94. The van der Waals surface area contributed by atoms with Crippen LogP contribution in [0, 0.1) is 19.7 Å². The van der Waals surface area contributed by atoms with Crippen LogP contribution in [0.15, 0.2) is 52.8 Å². The molecule has 0 N–H and O–H groups in total. The van der Waals surface area contributed by atoms with Crippen LogP contribution in [0.5, 0.6) is 0 Å². The molecule has 0 spiro atoms. The van der Waals surface area contributed by atoms with Crippen molar-refractivity contribution in [3.05, 3.63) is 59.4 Å². The Morgan fingerprint density at radius 3 is 2.48 bits per heavy atom. The average Bonchev–Trinajstić information content (AvgIpc) is 3.12. The SMILES string of the molecule is Cc1ccc(N2C(=O)C3N=NN(c4ccccc4C)C3C2=O)cc1F. The molecule has 2 heterocycles. The van der Waals surface area contributed by atoms with E-state index in [1.165, 1.54) is 11.1 Å². The average molecular weight is 338 g/mol. The van der Waals surface area contributed by atoms with E-state index in [4.69, 9.17) is 0 Å². The summed E-state index contributed by atoms with van der Waals surface area (Å²) >= 11 is 0. The number of amides is 2. The lowest BCUT2D eigenvalue weighted by Crippen LogP contribution is -2.40. The van der Waals surface area contributed by atoms with E-state index in [1.807, 2.05) is 31.2 Å². The summed E-state index contributed by atoms with van der Waals surface area (Å²) in [4.78, 5) is 26.6. The Morgan fingerprint density at radius 2 is 1.76 bits per heavy atom. The van der Waals surface area contributed by atoms with Crippen molar-refractivity contribution < 1.29 is 14.0 Å². The van der Waals surface area contributed by atoms with Gasteiger partial charge in [-0.15, -0.1) is 0 Å². The van der Waals surface area contributed by atoms with Gasteiger partial charge in [-0.05, 0) is 43.2 Å². The van der Waals surface area contributed by atoms with Gasteiger partial charge in [0.2, 0.25) is 0 Å². The number of hydrogen-bond donors (Lipinski definition) is 0. The molecule has 2 aliphatic heterocycles. The van der Waals surface area contributed by atoms with Gasteiger partial charge in [0.1, 0.15) is 5.82 Å². The molecule has 0 aromatic heterocycles. The van der Waals surface area contributed by atoms with Gasteiger partial charge in [0, 0.05) is 0 Å². The van der Waals surface area contributed by atoms with Crippen molar-refractivity contribution in [3.63, 3.8) is 0 Å². The van der Waals surface area contributed by atoms with Gasteiger partial charge in [0.25, 0.3) is 11.8 Å². The summed E-state index contributed by atoms with van der Waals surface area (Å²) in [7, 11) is 0. The number of benzene rings is 2. The Hall–Kier alpha value is -3.09. The van der Waals surface area contributed by atoms with Crippen LogP contribution in [0.1, 0.15) is 11.1 Å². The number of para-hydroxylation sites is 1. The molecule has 1 saturated heterocycles. The second kappa shape index (κ2) is 5.47.